The van der Waals surface area contributed by atoms with Gasteiger partial charge in [-0.2, -0.15) is 0 Å². The number of rotatable bonds is 35. The molecule has 0 radical (unpaired) electrons. The van der Waals surface area contributed by atoms with Gasteiger partial charge in [0.25, 0.3) is 0 Å². The fourth-order valence-corrected chi connectivity index (χ4v) is 4.27. The molecule has 1 rings (SSSR count). The van der Waals surface area contributed by atoms with Crippen LogP contribution in [-0.4, -0.2) is 171 Å². The van der Waals surface area contributed by atoms with Gasteiger partial charge in [-0.25, -0.2) is 0 Å². The Balaban J connectivity index is 1.66. The van der Waals surface area contributed by atoms with Gasteiger partial charge in [0.05, 0.1) is 151 Å². The molecule has 1 aliphatic rings. The lowest BCUT2D eigenvalue weighted by Gasteiger charge is -2.41. The van der Waals surface area contributed by atoms with Gasteiger partial charge in [0.15, 0.2) is 0 Å². The van der Waals surface area contributed by atoms with Crippen molar-refractivity contribution in [1.82, 2.24) is 5.32 Å². The monoisotopic (exact) mass is 641 g/mol. The van der Waals surface area contributed by atoms with E-state index >= 15 is 0 Å². The molecule has 1 fully saturated rings. The molecule has 1 N–H and O–H groups in total. The third kappa shape index (κ3) is 25.6. The Morgan fingerprint density at radius 1 is 0.409 bits per heavy atom. The summed E-state index contributed by atoms with van der Waals surface area (Å²) in [4.78, 5) is 0. The molecule has 1 aliphatic heterocycles. The van der Waals surface area contributed by atoms with Crippen LogP contribution >= 0.6 is 0 Å². The zero-order valence-corrected chi connectivity index (χ0v) is 27.9. The quantitative estimate of drug-likeness (QED) is 0.101. The number of piperidine rings is 1. The Morgan fingerprint density at radius 2 is 0.659 bits per heavy atom. The summed E-state index contributed by atoms with van der Waals surface area (Å²) >= 11 is 0. The van der Waals surface area contributed by atoms with Gasteiger partial charge in [-0.15, -0.1) is 0 Å². The first-order valence-corrected chi connectivity index (χ1v) is 16.3. The van der Waals surface area contributed by atoms with Crippen LogP contribution < -0.4 is 5.32 Å². The van der Waals surface area contributed by atoms with Gasteiger partial charge >= 0.3 is 0 Å². The first kappa shape index (κ1) is 41.5. The highest BCUT2D eigenvalue weighted by Gasteiger charge is 2.35. The lowest BCUT2D eigenvalue weighted by molar-refractivity contribution is -0.113. The van der Waals surface area contributed by atoms with Crippen LogP contribution in [0, 0.1) is 5.92 Å². The maximum Gasteiger partial charge on any atom is 0.0730 e. The minimum atomic E-state index is -0.0136. The van der Waals surface area contributed by atoms with Gasteiger partial charge in [0, 0.05) is 7.11 Å². The van der Waals surface area contributed by atoms with E-state index in [2.05, 4.69) is 19.2 Å². The third-order valence-electron chi connectivity index (χ3n) is 6.90. The predicted octanol–water partition coefficient (Wildman–Crippen LogP) is 1.59. The van der Waals surface area contributed by atoms with Gasteiger partial charge in [0.1, 0.15) is 0 Å². The van der Waals surface area contributed by atoms with E-state index in [1.54, 1.807) is 7.11 Å². The third-order valence-corrected chi connectivity index (χ3v) is 6.90. The average molecular weight is 642 g/mol. The van der Waals surface area contributed by atoms with Gasteiger partial charge in [-0.3, -0.25) is 0 Å². The summed E-state index contributed by atoms with van der Waals surface area (Å²) in [6.45, 7) is 18.5. The van der Waals surface area contributed by atoms with Crippen LogP contribution in [0.5, 0.6) is 0 Å². The highest BCUT2D eigenvalue weighted by atomic mass is 16.6. The molecule has 264 valence electrons. The van der Waals surface area contributed by atoms with Crippen molar-refractivity contribution >= 4 is 0 Å². The second-order valence-corrected chi connectivity index (χ2v) is 10.4. The highest BCUT2D eigenvalue weighted by Crippen LogP contribution is 2.31. The summed E-state index contributed by atoms with van der Waals surface area (Å²) in [6.07, 6.45) is 2.12. The van der Waals surface area contributed by atoms with Crippen molar-refractivity contribution in [3.05, 3.63) is 0 Å². The van der Waals surface area contributed by atoms with E-state index in [4.69, 9.17) is 56.8 Å². The molecular weight excluding hydrogens is 578 g/mol. The predicted molar refractivity (Wildman–Crippen MR) is 166 cm³/mol. The van der Waals surface area contributed by atoms with Crippen molar-refractivity contribution in [2.24, 2.45) is 5.92 Å². The molecule has 0 bridgehead atoms. The average Bonchev–Trinajstić information content (AvgIpc) is 3.03. The zero-order chi connectivity index (χ0) is 31.7. The Bertz CT molecular complexity index is 570. The van der Waals surface area contributed by atoms with Crippen molar-refractivity contribution in [2.75, 3.05) is 166 Å². The molecule has 0 amide bonds. The Morgan fingerprint density at radius 3 is 0.909 bits per heavy atom. The maximum absolute atomic E-state index is 6.23. The molecule has 0 atom stereocenters. The summed E-state index contributed by atoms with van der Waals surface area (Å²) in [5, 5.41) is 3.41. The second kappa shape index (κ2) is 32.4. The van der Waals surface area contributed by atoms with Crippen LogP contribution in [0.3, 0.4) is 0 Å². The fourth-order valence-electron chi connectivity index (χ4n) is 4.27. The largest absolute Gasteiger partial charge is 0.382 e. The summed E-state index contributed by atoms with van der Waals surface area (Å²) in [5.41, 5.74) is -0.0136. The highest BCUT2D eigenvalue weighted by molar-refractivity contribution is 4.89. The zero-order valence-electron chi connectivity index (χ0n) is 27.9. The summed E-state index contributed by atoms with van der Waals surface area (Å²) in [5.74, 6) is 0.507. The maximum atomic E-state index is 6.23. The lowest BCUT2D eigenvalue weighted by Crippen LogP contribution is -2.48. The van der Waals surface area contributed by atoms with E-state index in [9.17, 15) is 0 Å². The first-order valence-electron chi connectivity index (χ1n) is 16.3. The lowest BCUT2D eigenvalue weighted by atomic mass is 9.82. The number of methoxy groups -OCH3 is 1. The number of hydrogen-bond donors (Lipinski definition) is 1. The van der Waals surface area contributed by atoms with Crippen molar-refractivity contribution < 1.29 is 56.8 Å². The van der Waals surface area contributed by atoms with Crippen molar-refractivity contribution in [2.45, 2.75) is 32.3 Å². The normalized spacial score (nSPS) is 15.0. The molecular formula is C31H63NO12. The van der Waals surface area contributed by atoms with Gasteiger partial charge in [-0.1, -0.05) is 13.8 Å². The molecule has 0 aromatic heterocycles. The topological polar surface area (TPSA) is 123 Å². The molecule has 0 aromatic rings. The molecule has 0 spiro atoms. The van der Waals surface area contributed by atoms with Crippen LogP contribution in [0.2, 0.25) is 0 Å². The van der Waals surface area contributed by atoms with Gasteiger partial charge in [-0.05, 0) is 31.8 Å². The number of nitrogens with one attached hydrogen (secondary N) is 1. The van der Waals surface area contributed by atoms with Crippen molar-refractivity contribution in [3.63, 3.8) is 0 Å². The van der Waals surface area contributed by atoms with Crippen LogP contribution in [-0.2, 0) is 56.8 Å². The minimum Gasteiger partial charge on any atom is -0.382 e. The summed E-state index contributed by atoms with van der Waals surface area (Å²) in [7, 11) is 1.65. The van der Waals surface area contributed by atoms with E-state index in [1.807, 2.05) is 0 Å². The van der Waals surface area contributed by atoms with E-state index in [1.165, 1.54) is 0 Å². The van der Waals surface area contributed by atoms with Crippen LogP contribution in [0.15, 0.2) is 0 Å². The number of ether oxygens (including phenoxy) is 12. The molecule has 13 heteroatoms. The minimum absolute atomic E-state index is 0.0136. The molecule has 44 heavy (non-hydrogen) atoms. The van der Waals surface area contributed by atoms with E-state index in [0.29, 0.717) is 151 Å². The van der Waals surface area contributed by atoms with Gasteiger partial charge in [0.2, 0.25) is 0 Å². The Hall–Kier alpha value is -0.520. The molecule has 1 heterocycles. The van der Waals surface area contributed by atoms with Crippen molar-refractivity contribution in [1.29, 1.82) is 0 Å². The standard InChI is InChI=1S/C31H63NO12/c1-30(2)31(4-6-32-7-5-31)44-29-28-43-27-26-42-25-24-41-23-22-40-21-20-39-19-18-38-17-16-37-15-14-36-13-12-35-11-10-34-9-8-33-3/h30,32H,4-29H2,1-3H3. The smallest absolute Gasteiger partial charge is 0.0730 e. The van der Waals surface area contributed by atoms with E-state index in [-0.39, 0.29) is 5.60 Å². The first-order chi connectivity index (χ1) is 21.7. The number of hydrogen-bond acceptors (Lipinski definition) is 13. The Labute approximate surface area is 266 Å². The van der Waals surface area contributed by atoms with Gasteiger partial charge < -0.3 is 62.2 Å². The molecule has 1 saturated heterocycles. The second-order valence-electron chi connectivity index (χ2n) is 10.4. The molecule has 13 nitrogen and oxygen atoms in total. The SMILES string of the molecule is COCCOCCOCCOCCOCCOCCOCCOCCOCCOCCOCCOC1(C(C)C)CCNCC1. The van der Waals surface area contributed by atoms with E-state index in [0.717, 1.165) is 25.9 Å². The molecule has 0 aliphatic carbocycles. The summed E-state index contributed by atoms with van der Waals surface area (Å²) < 4.78 is 65.9. The van der Waals surface area contributed by atoms with E-state index < -0.39 is 0 Å². The van der Waals surface area contributed by atoms with Crippen molar-refractivity contribution in [3.8, 4) is 0 Å². The van der Waals surface area contributed by atoms with Crippen LogP contribution in [0.4, 0.5) is 0 Å². The fraction of sp³-hybridized carbons (Fsp3) is 1.00. The molecule has 0 unspecified atom stereocenters. The van der Waals surface area contributed by atoms with Crippen LogP contribution in [0.25, 0.3) is 0 Å². The molecule has 0 aromatic carbocycles. The van der Waals surface area contributed by atoms with Crippen LogP contribution in [0.1, 0.15) is 26.7 Å². The summed E-state index contributed by atoms with van der Waals surface area (Å²) in [6, 6.07) is 0. The Kier molecular flexibility index (Phi) is 30.6. The molecule has 0 saturated carbocycles.